The lowest BCUT2D eigenvalue weighted by atomic mass is 9.86. The third-order valence-electron chi connectivity index (χ3n) is 6.01. The highest BCUT2D eigenvalue weighted by Crippen LogP contribution is 2.42. The predicted molar refractivity (Wildman–Crippen MR) is 102 cm³/mol. The van der Waals surface area contributed by atoms with Crippen LogP contribution in [0, 0.1) is 17.0 Å². The van der Waals surface area contributed by atoms with E-state index in [0.717, 1.165) is 32.0 Å². The number of hydrogen-bond donors (Lipinski definition) is 3. The van der Waals surface area contributed by atoms with Crippen molar-refractivity contribution in [2.75, 3.05) is 50.5 Å². The van der Waals surface area contributed by atoms with Gasteiger partial charge in [-0.2, -0.15) is 0 Å². The van der Waals surface area contributed by atoms with Crippen LogP contribution >= 0.6 is 0 Å². The number of H-pyrrole nitrogens is 1. The van der Waals surface area contributed by atoms with Crippen molar-refractivity contribution in [3.8, 4) is 0 Å². The average molecular weight is 392 g/mol. The fourth-order valence-electron chi connectivity index (χ4n) is 4.64. The second kappa shape index (κ2) is 6.44. The third-order valence-corrected chi connectivity index (χ3v) is 6.01. The van der Waals surface area contributed by atoms with Gasteiger partial charge < -0.3 is 25.2 Å². The lowest BCUT2D eigenvalue weighted by molar-refractivity contribution is 0.0696. The standard InChI is InChI=1S/C19H22F2N4O3/c1-22-17-12(18(27)28)16(26)10-7-11(20)15(13(21)14(10)23-17)25-6-4-19(9-25)3-5-24(2)8-19/h7H,3-6,8-9H2,1-2H3,(H,27,28)(H2,22,23,26). The van der Waals surface area contributed by atoms with Gasteiger partial charge in [-0.25, -0.2) is 13.6 Å². The first-order valence-corrected chi connectivity index (χ1v) is 9.19. The van der Waals surface area contributed by atoms with Crippen molar-refractivity contribution in [3.05, 3.63) is 33.5 Å². The average Bonchev–Trinajstić information content (AvgIpc) is 3.21. The molecule has 0 aliphatic carbocycles. The lowest BCUT2D eigenvalue weighted by Gasteiger charge is -2.25. The topological polar surface area (TPSA) is 88.7 Å². The molecular weight excluding hydrogens is 370 g/mol. The molecule has 1 aromatic heterocycles. The molecule has 7 nitrogen and oxygen atoms in total. The number of carbonyl (C=O) groups is 1. The molecule has 4 rings (SSSR count). The van der Waals surface area contributed by atoms with Crippen molar-refractivity contribution in [1.29, 1.82) is 0 Å². The summed E-state index contributed by atoms with van der Waals surface area (Å²) in [6.07, 6.45) is 1.84. The number of halogens is 2. The van der Waals surface area contributed by atoms with E-state index in [4.69, 9.17) is 0 Å². The van der Waals surface area contributed by atoms with Crippen LogP contribution in [0.1, 0.15) is 23.2 Å². The number of aromatic amines is 1. The van der Waals surface area contributed by atoms with E-state index in [-0.39, 0.29) is 27.8 Å². The molecule has 0 radical (unpaired) electrons. The van der Waals surface area contributed by atoms with Gasteiger partial charge >= 0.3 is 5.97 Å². The number of anilines is 2. The zero-order chi connectivity index (χ0) is 20.2. The van der Waals surface area contributed by atoms with Crippen LogP contribution in [-0.4, -0.2) is 61.2 Å². The van der Waals surface area contributed by atoms with Crippen molar-refractivity contribution < 1.29 is 18.7 Å². The van der Waals surface area contributed by atoms with Gasteiger partial charge in [-0.05, 0) is 32.5 Å². The molecule has 28 heavy (non-hydrogen) atoms. The molecule has 3 heterocycles. The molecule has 3 N–H and O–H groups in total. The molecule has 1 unspecified atom stereocenters. The van der Waals surface area contributed by atoms with E-state index in [1.807, 2.05) is 7.05 Å². The number of likely N-dealkylation sites (tertiary alicyclic amines) is 1. The Balaban J connectivity index is 1.84. The number of rotatable bonds is 3. The highest BCUT2D eigenvalue weighted by Gasteiger charge is 2.43. The molecule has 2 aliphatic heterocycles. The molecule has 0 saturated carbocycles. The first-order chi connectivity index (χ1) is 13.3. The fraction of sp³-hybridized carbons (Fsp3) is 0.474. The monoisotopic (exact) mass is 392 g/mol. The van der Waals surface area contributed by atoms with E-state index in [1.165, 1.54) is 7.05 Å². The molecule has 9 heteroatoms. The summed E-state index contributed by atoms with van der Waals surface area (Å²) in [5.74, 6) is -3.31. The van der Waals surface area contributed by atoms with Crippen molar-refractivity contribution in [2.45, 2.75) is 12.8 Å². The van der Waals surface area contributed by atoms with E-state index in [0.29, 0.717) is 13.1 Å². The molecule has 1 aromatic carbocycles. The third kappa shape index (κ3) is 2.72. The maximum atomic E-state index is 15.3. The Hall–Kier alpha value is -2.68. The van der Waals surface area contributed by atoms with Gasteiger partial charge in [-0.3, -0.25) is 4.79 Å². The van der Waals surface area contributed by atoms with Crippen LogP contribution < -0.4 is 15.6 Å². The zero-order valence-corrected chi connectivity index (χ0v) is 15.7. The zero-order valence-electron chi connectivity index (χ0n) is 15.7. The number of hydrogen-bond acceptors (Lipinski definition) is 5. The normalized spacial score (nSPS) is 22.5. The maximum absolute atomic E-state index is 15.3. The van der Waals surface area contributed by atoms with Gasteiger partial charge in [0.15, 0.2) is 5.82 Å². The summed E-state index contributed by atoms with van der Waals surface area (Å²) in [5.41, 5.74) is -1.83. The summed E-state index contributed by atoms with van der Waals surface area (Å²) in [4.78, 5) is 30.5. The smallest absolute Gasteiger partial charge is 0.343 e. The minimum absolute atomic E-state index is 0.0271. The Morgan fingerprint density at radius 1 is 1.29 bits per heavy atom. The number of nitrogens with one attached hydrogen (secondary N) is 2. The van der Waals surface area contributed by atoms with Gasteiger partial charge in [0.2, 0.25) is 5.43 Å². The minimum Gasteiger partial charge on any atom is -0.477 e. The number of benzene rings is 1. The summed E-state index contributed by atoms with van der Waals surface area (Å²) in [5, 5.41) is 11.5. The Kier molecular flexibility index (Phi) is 4.29. The van der Waals surface area contributed by atoms with E-state index in [9.17, 15) is 19.1 Å². The van der Waals surface area contributed by atoms with Crippen molar-refractivity contribution in [1.82, 2.24) is 9.88 Å². The van der Waals surface area contributed by atoms with E-state index in [1.54, 1.807) is 4.90 Å². The molecule has 1 spiro atoms. The fourth-order valence-corrected chi connectivity index (χ4v) is 4.64. The quantitative estimate of drug-likeness (QED) is 0.741. The number of aromatic carboxylic acids is 1. The first kappa shape index (κ1) is 18.7. The Labute approximate surface area is 159 Å². The van der Waals surface area contributed by atoms with Crippen LogP contribution in [0.3, 0.4) is 0 Å². The van der Waals surface area contributed by atoms with Gasteiger partial charge in [0.25, 0.3) is 0 Å². The first-order valence-electron chi connectivity index (χ1n) is 9.19. The maximum Gasteiger partial charge on any atom is 0.343 e. The molecule has 0 amide bonds. The van der Waals surface area contributed by atoms with Crippen molar-refractivity contribution in [3.63, 3.8) is 0 Å². The van der Waals surface area contributed by atoms with Gasteiger partial charge in [0.05, 0.1) is 10.9 Å². The molecular formula is C19H22F2N4O3. The second-order valence-corrected chi connectivity index (χ2v) is 7.86. The summed E-state index contributed by atoms with van der Waals surface area (Å²) < 4.78 is 30.2. The molecule has 2 fully saturated rings. The van der Waals surface area contributed by atoms with Gasteiger partial charge in [0.1, 0.15) is 22.9 Å². The summed E-state index contributed by atoms with van der Waals surface area (Å²) in [6.45, 7) is 2.94. The lowest BCUT2D eigenvalue weighted by Crippen LogP contribution is -2.30. The van der Waals surface area contributed by atoms with Gasteiger partial charge in [-0.1, -0.05) is 0 Å². The van der Waals surface area contributed by atoms with Gasteiger partial charge in [-0.15, -0.1) is 0 Å². The largest absolute Gasteiger partial charge is 0.477 e. The molecule has 2 aliphatic rings. The highest BCUT2D eigenvalue weighted by atomic mass is 19.1. The van der Waals surface area contributed by atoms with E-state index < -0.39 is 28.6 Å². The number of carboxylic acids is 1. The summed E-state index contributed by atoms with van der Waals surface area (Å²) >= 11 is 0. The van der Waals surface area contributed by atoms with E-state index in [2.05, 4.69) is 15.2 Å². The number of nitrogens with zero attached hydrogens (tertiary/aromatic N) is 2. The SMILES string of the molecule is CNc1[nH]c2c(F)c(N3CCC4(CCN(C)C4)C3)c(F)cc2c(=O)c1C(=O)O. The Morgan fingerprint density at radius 3 is 2.61 bits per heavy atom. The van der Waals surface area contributed by atoms with Crippen LogP contribution in [0.5, 0.6) is 0 Å². The van der Waals surface area contributed by atoms with Crippen LogP contribution in [0.25, 0.3) is 10.9 Å². The minimum atomic E-state index is -1.47. The molecule has 150 valence electrons. The summed E-state index contributed by atoms with van der Waals surface area (Å²) in [6, 6.07) is 0.935. The van der Waals surface area contributed by atoms with Gasteiger partial charge in [0, 0.05) is 32.1 Å². The molecule has 1 atom stereocenters. The van der Waals surface area contributed by atoms with Crippen LogP contribution in [0.2, 0.25) is 0 Å². The van der Waals surface area contributed by atoms with Crippen LogP contribution in [-0.2, 0) is 0 Å². The molecule has 0 bridgehead atoms. The summed E-state index contributed by atoms with van der Waals surface area (Å²) in [7, 11) is 3.46. The predicted octanol–water partition coefficient (Wildman–Crippen LogP) is 2.08. The molecule has 2 saturated heterocycles. The van der Waals surface area contributed by atoms with Crippen LogP contribution in [0.4, 0.5) is 20.3 Å². The Bertz CT molecular complexity index is 1040. The second-order valence-electron chi connectivity index (χ2n) is 7.86. The van der Waals surface area contributed by atoms with E-state index >= 15 is 4.39 Å². The number of fused-ring (bicyclic) bond motifs is 1. The number of aromatic nitrogens is 1. The van der Waals surface area contributed by atoms with Crippen LogP contribution in [0.15, 0.2) is 10.9 Å². The van der Waals surface area contributed by atoms with Crippen molar-refractivity contribution >= 4 is 28.4 Å². The molecule has 2 aromatic rings. The van der Waals surface area contributed by atoms with Crippen molar-refractivity contribution in [2.24, 2.45) is 5.41 Å². The number of pyridine rings is 1. The number of carboxylic acid groups (broad SMARTS) is 1. The highest BCUT2D eigenvalue weighted by molar-refractivity contribution is 5.98. The Morgan fingerprint density at radius 2 is 2.00 bits per heavy atom.